The standard InChI is InChI=1S/C18H24N2O6/c21-17(13-7-4-8-23-13)20-12-9-24-16-14(10-25-15(12)16)26-18(22)19-11-5-2-1-3-6-11/h4,7-8,11-12,14-16H,1-3,5-6,9-10H2,(H,19,22)(H,20,21)/t12-,14-,15-,16+/m1/s1. The largest absolute Gasteiger partial charge is 0.459 e. The Morgan fingerprint density at radius 2 is 1.85 bits per heavy atom. The molecule has 8 heteroatoms. The molecule has 4 atom stereocenters. The van der Waals surface area contributed by atoms with Crippen LogP contribution >= 0.6 is 0 Å². The monoisotopic (exact) mass is 364 g/mol. The first-order chi connectivity index (χ1) is 12.7. The molecular formula is C18H24N2O6. The van der Waals surface area contributed by atoms with E-state index in [1.54, 1.807) is 12.1 Å². The third-order valence-electron chi connectivity index (χ3n) is 5.25. The van der Waals surface area contributed by atoms with Crippen LogP contribution in [0, 0.1) is 0 Å². The molecule has 0 bridgehead atoms. The maximum absolute atomic E-state index is 12.1. The Hall–Kier alpha value is -2.06. The van der Waals surface area contributed by atoms with E-state index >= 15 is 0 Å². The molecule has 3 aliphatic rings. The van der Waals surface area contributed by atoms with E-state index in [0.29, 0.717) is 6.61 Å². The van der Waals surface area contributed by atoms with E-state index < -0.39 is 12.2 Å². The van der Waals surface area contributed by atoms with Crippen LogP contribution in [-0.4, -0.2) is 55.6 Å². The number of amides is 2. The SMILES string of the molecule is O=C(NC1CCCCC1)O[C@@H]1CO[C@H]2[C@H]1OC[C@H]2NC(=O)c1ccco1. The lowest BCUT2D eigenvalue weighted by molar-refractivity contribution is 0.00259. The number of fused-ring (bicyclic) bond motifs is 1. The molecule has 1 saturated carbocycles. The molecule has 26 heavy (non-hydrogen) atoms. The Bertz CT molecular complexity index is 628. The first kappa shape index (κ1) is 17.4. The van der Waals surface area contributed by atoms with Crippen molar-refractivity contribution < 1.29 is 28.2 Å². The van der Waals surface area contributed by atoms with Gasteiger partial charge in [0.15, 0.2) is 11.9 Å². The number of carbonyl (C=O) groups is 2. The van der Waals surface area contributed by atoms with Gasteiger partial charge in [-0.05, 0) is 25.0 Å². The van der Waals surface area contributed by atoms with E-state index in [9.17, 15) is 9.59 Å². The lowest BCUT2D eigenvalue weighted by Gasteiger charge is -2.24. The average Bonchev–Trinajstić information content (AvgIpc) is 3.36. The normalized spacial score (nSPS) is 31.4. The molecule has 1 aromatic heterocycles. The first-order valence-electron chi connectivity index (χ1n) is 9.25. The molecule has 2 amide bonds. The number of carbonyl (C=O) groups excluding carboxylic acids is 2. The molecule has 0 unspecified atom stereocenters. The van der Waals surface area contributed by atoms with Gasteiger partial charge in [-0.25, -0.2) is 4.79 Å². The molecule has 2 N–H and O–H groups in total. The van der Waals surface area contributed by atoms with Crippen LogP contribution in [0.3, 0.4) is 0 Å². The second-order valence-electron chi connectivity index (χ2n) is 7.08. The minimum atomic E-state index is -0.464. The van der Waals surface area contributed by atoms with Gasteiger partial charge in [0, 0.05) is 6.04 Å². The predicted octanol–water partition coefficient (Wildman–Crippen LogP) is 1.60. The summed E-state index contributed by atoms with van der Waals surface area (Å²) < 4.78 is 22.1. The van der Waals surface area contributed by atoms with Gasteiger partial charge < -0.3 is 29.3 Å². The second kappa shape index (κ2) is 7.67. The van der Waals surface area contributed by atoms with Gasteiger partial charge in [0.05, 0.1) is 25.5 Å². The lowest BCUT2D eigenvalue weighted by atomic mass is 9.96. The third kappa shape index (κ3) is 3.71. The van der Waals surface area contributed by atoms with Gasteiger partial charge in [-0.15, -0.1) is 0 Å². The summed E-state index contributed by atoms with van der Waals surface area (Å²) in [6, 6.07) is 3.15. The topological polar surface area (TPSA) is 99.0 Å². The molecule has 1 aromatic rings. The molecule has 0 aromatic carbocycles. The van der Waals surface area contributed by atoms with Crippen LogP contribution in [-0.2, 0) is 14.2 Å². The number of rotatable bonds is 4. The maximum atomic E-state index is 12.1. The van der Waals surface area contributed by atoms with Crippen LogP contribution < -0.4 is 10.6 Å². The molecule has 4 rings (SSSR count). The molecule has 3 fully saturated rings. The molecule has 2 saturated heterocycles. The zero-order valence-corrected chi connectivity index (χ0v) is 14.5. The molecule has 1 aliphatic carbocycles. The van der Waals surface area contributed by atoms with E-state index in [-0.39, 0.29) is 42.6 Å². The van der Waals surface area contributed by atoms with Gasteiger partial charge >= 0.3 is 6.09 Å². The third-order valence-corrected chi connectivity index (χ3v) is 5.25. The Balaban J connectivity index is 1.27. The second-order valence-corrected chi connectivity index (χ2v) is 7.08. The number of hydrogen-bond acceptors (Lipinski definition) is 6. The van der Waals surface area contributed by atoms with Crippen molar-refractivity contribution in [1.29, 1.82) is 0 Å². The maximum Gasteiger partial charge on any atom is 0.407 e. The van der Waals surface area contributed by atoms with E-state index in [0.717, 1.165) is 25.7 Å². The Morgan fingerprint density at radius 1 is 1.04 bits per heavy atom. The molecule has 0 spiro atoms. The van der Waals surface area contributed by atoms with Crippen molar-refractivity contribution in [3.63, 3.8) is 0 Å². The molecule has 142 valence electrons. The summed E-state index contributed by atoms with van der Waals surface area (Å²) in [5.74, 6) is -0.0710. The summed E-state index contributed by atoms with van der Waals surface area (Å²) in [5, 5.41) is 5.79. The Labute approximate surface area is 151 Å². The summed E-state index contributed by atoms with van der Waals surface area (Å²) in [5.41, 5.74) is 0. The molecule has 0 radical (unpaired) electrons. The van der Waals surface area contributed by atoms with E-state index in [2.05, 4.69) is 10.6 Å². The minimum absolute atomic E-state index is 0.194. The van der Waals surface area contributed by atoms with Crippen LogP contribution in [0.4, 0.5) is 4.79 Å². The Kier molecular flexibility index (Phi) is 5.12. The highest BCUT2D eigenvalue weighted by Gasteiger charge is 2.50. The van der Waals surface area contributed by atoms with E-state index in [4.69, 9.17) is 18.6 Å². The van der Waals surface area contributed by atoms with Gasteiger partial charge in [-0.2, -0.15) is 0 Å². The number of alkyl carbamates (subject to hydrolysis) is 1. The number of ether oxygens (including phenoxy) is 3. The zero-order valence-electron chi connectivity index (χ0n) is 14.5. The Morgan fingerprint density at radius 3 is 2.62 bits per heavy atom. The summed E-state index contributed by atoms with van der Waals surface area (Å²) in [6.45, 7) is 0.576. The highest BCUT2D eigenvalue weighted by Crippen LogP contribution is 2.29. The predicted molar refractivity (Wildman–Crippen MR) is 89.7 cm³/mol. The van der Waals surface area contributed by atoms with Gasteiger partial charge in [0.25, 0.3) is 5.91 Å². The summed E-state index contributed by atoms with van der Waals surface area (Å²) in [6.07, 6.45) is 5.38. The van der Waals surface area contributed by atoms with Crippen molar-refractivity contribution >= 4 is 12.0 Å². The van der Waals surface area contributed by atoms with Crippen molar-refractivity contribution in [2.45, 2.75) is 62.5 Å². The van der Waals surface area contributed by atoms with Crippen LogP contribution in [0.15, 0.2) is 22.8 Å². The number of nitrogens with one attached hydrogen (secondary N) is 2. The van der Waals surface area contributed by atoms with Crippen LogP contribution in [0.1, 0.15) is 42.7 Å². The van der Waals surface area contributed by atoms with Gasteiger partial charge in [-0.1, -0.05) is 19.3 Å². The van der Waals surface area contributed by atoms with Crippen molar-refractivity contribution in [2.24, 2.45) is 0 Å². The summed E-state index contributed by atoms with van der Waals surface area (Å²) in [4.78, 5) is 24.3. The molecule has 3 heterocycles. The first-order valence-corrected chi connectivity index (χ1v) is 9.25. The fourth-order valence-electron chi connectivity index (χ4n) is 3.92. The van der Waals surface area contributed by atoms with Gasteiger partial charge in [0.2, 0.25) is 0 Å². The number of hydrogen-bond donors (Lipinski definition) is 2. The van der Waals surface area contributed by atoms with Crippen molar-refractivity contribution in [1.82, 2.24) is 10.6 Å². The smallest absolute Gasteiger partial charge is 0.407 e. The van der Waals surface area contributed by atoms with Crippen molar-refractivity contribution in [3.05, 3.63) is 24.2 Å². The van der Waals surface area contributed by atoms with Gasteiger partial charge in [-0.3, -0.25) is 4.79 Å². The highest BCUT2D eigenvalue weighted by molar-refractivity contribution is 5.91. The van der Waals surface area contributed by atoms with Gasteiger partial charge in [0.1, 0.15) is 12.2 Å². The van der Waals surface area contributed by atoms with E-state index in [1.165, 1.54) is 12.7 Å². The summed E-state index contributed by atoms with van der Waals surface area (Å²) in [7, 11) is 0. The van der Waals surface area contributed by atoms with Crippen LogP contribution in [0.25, 0.3) is 0 Å². The van der Waals surface area contributed by atoms with Crippen molar-refractivity contribution in [2.75, 3.05) is 13.2 Å². The van der Waals surface area contributed by atoms with Crippen LogP contribution in [0.2, 0.25) is 0 Å². The summed E-state index contributed by atoms with van der Waals surface area (Å²) >= 11 is 0. The quantitative estimate of drug-likeness (QED) is 0.842. The van der Waals surface area contributed by atoms with Crippen molar-refractivity contribution in [3.8, 4) is 0 Å². The van der Waals surface area contributed by atoms with Crippen LogP contribution in [0.5, 0.6) is 0 Å². The molecular weight excluding hydrogens is 340 g/mol. The zero-order chi connectivity index (χ0) is 17.9. The highest BCUT2D eigenvalue weighted by atomic mass is 16.6. The molecule has 8 nitrogen and oxygen atoms in total. The number of furan rings is 1. The minimum Gasteiger partial charge on any atom is -0.459 e. The van der Waals surface area contributed by atoms with E-state index in [1.807, 2.05) is 0 Å². The average molecular weight is 364 g/mol. The molecule has 2 aliphatic heterocycles. The fraction of sp³-hybridized carbons (Fsp3) is 0.667. The lowest BCUT2D eigenvalue weighted by Crippen LogP contribution is -2.45. The fourth-order valence-corrected chi connectivity index (χ4v) is 3.92.